The minimum absolute atomic E-state index is 0.274. The Labute approximate surface area is 99.1 Å². The zero-order chi connectivity index (χ0) is 12.3. The third-order valence-corrected chi connectivity index (χ3v) is 2.58. The van der Waals surface area contributed by atoms with Crippen molar-refractivity contribution in [2.75, 3.05) is 7.11 Å². The largest absolute Gasteiger partial charge is 0.496 e. The van der Waals surface area contributed by atoms with Crippen LogP contribution in [0.3, 0.4) is 0 Å². The zero-order valence-electron chi connectivity index (χ0n) is 9.46. The monoisotopic (exact) mass is 231 g/mol. The van der Waals surface area contributed by atoms with Crippen LogP contribution in [0.2, 0.25) is 0 Å². The highest BCUT2D eigenvalue weighted by atomic mass is 16.5. The van der Waals surface area contributed by atoms with Crippen molar-refractivity contribution in [2.45, 2.75) is 6.54 Å². The molecule has 0 saturated heterocycles. The first kappa shape index (κ1) is 11.3. The number of aromatic carboxylic acids is 1. The summed E-state index contributed by atoms with van der Waals surface area (Å²) in [5.41, 5.74) is 1.23. The van der Waals surface area contributed by atoms with Crippen LogP contribution in [0.4, 0.5) is 0 Å². The van der Waals surface area contributed by atoms with Crippen molar-refractivity contribution in [3.63, 3.8) is 0 Å². The van der Waals surface area contributed by atoms with E-state index in [1.165, 1.54) is 0 Å². The van der Waals surface area contributed by atoms with Crippen molar-refractivity contribution in [3.05, 3.63) is 53.9 Å². The summed E-state index contributed by atoms with van der Waals surface area (Å²) in [7, 11) is 1.60. The Kier molecular flexibility index (Phi) is 3.14. The van der Waals surface area contributed by atoms with Gasteiger partial charge < -0.3 is 14.4 Å². The molecule has 1 aromatic heterocycles. The first-order chi connectivity index (χ1) is 8.22. The van der Waals surface area contributed by atoms with Crippen molar-refractivity contribution < 1.29 is 14.6 Å². The average molecular weight is 231 g/mol. The molecule has 0 bridgehead atoms. The topological polar surface area (TPSA) is 51.5 Å². The van der Waals surface area contributed by atoms with Gasteiger partial charge in [0.15, 0.2) is 0 Å². The van der Waals surface area contributed by atoms with Gasteiger partial charge in [-0.15, -0.1) is 0 Å². The molecule has 0 atom stereocenters. The Hall–Kier alpha value is -2.23. The number of hydrogen-bond donors (Lipinski definition) is 1. The molecule has 0 aliphatic rings. The van der Waals surface area contributed by atoms with E-state index in [2.05, 4.69) is 0 Å². The number of carbonyl (C=O) groups is 1. The van der Waals surface area contributed by atoms with Gasteiger partial charge in [-0.2, -0.15) is 0 Å². The van der Waals surface area contributed by atoms with E-state index in [-0.39, 0.29) is 5.69 Å². The van der Waals surface area contributed by atoms with Gasteiger partial charge in [0, 0.05) is 11.8 Å². The Morgan fingerprint density at radius 1 is 1.29 bits per heavy atom. The summed E-state index contributed by atoms with van der Waals surface area (Å²) in [6.45, 7) is 0.485. The predicted molar refractivity (Wildman–Crippen MR) is 63.5 cm³/mol. The van der Waals surface area contributed by atoms with Crippen LogP contribution in [0.5, 0.6) is 5.75 Å². The van der Waals surface area contributed by atoms with Gasteiger partial charge in [-0.05, 0) is 18.2 Å². The molecule has 4 nitrogen and oxygen atoms in total. The first-order valence-electron chi connectivity index (χ1n) is 5.22. The van der Waals surface area contributed by atoms with Crippen molar-refractivity contribution in [1.82, 2.24) is 4.57 Å². The van der Waals surface area contributed by atoms with E-state index < -0.39 is 5.97 Å². The molecule has 0 unspecified atom stereocenters. The Morgan fingerprint density at radius 3 is 2.76 bits per heavy atom. The van der Waals surface area contributed by atoms with Crippen LogP contribution in [0.25, 0.3) is 0 Å². The second-order valence-corrected chi connectivity index (χ2v) is 3.64. The number of carboxylic acid groups (broad SMARTS) is 1. The van der Waals surface area contributed by atoms with Gasteiger partial charge in [-0.25, -0.2) is 4.79 Å². The number of hydrogen-bond acceptors (Lipinski definition) is 2. The third kappa shape index (κ3) is 2.30. The smallest absolute Gasteiger partial charge is 0.352 e. The SMILES string of the molecule is COc1ccccc1Cn1cccc1C(=O)O. The number of ether oxygens (including phenoxy) is 1. The molecule has 0 amide bonds. The number of benzene rings is 1. The summed E-state index contributed by atoms with van der Waals surface area (Å²) in [5, 5.41) is 9.01. The van der Waals surface area contributed by atoms with Gasteiger partial charge in [0.25, 0.3) is 0 Å². The highest BCUT2D eigenvalue weighted by Crippen LogP contribution is 2.19. The number of methoxy groups -OCH3 is 1. The highest BCUT2D eigenvalue weighted by molar-refractivity contribution is 5.85. The third-order valence-electron chi connectivity index (χ3n) is 2.58. The fourth-order valence-electron chi connectivity index (χ4n) is 1.76. The Morgan fingerprint density at radius 2 is 2.06 bits per heavy atom. The summed E-state index contributed by atoms with van der Waals surface area (Å²) in [5.74, 6) is -0.164. The van der Waals surface area contributed by atoms with Gasteiger partial charge in [0.05, 0.1) is 13.7 Å². The maximum atomic E-state index is 11.0. The molecular weight excluding hydrogens is 218 g/mol. The summed E-state index contributed by atoms with van der Waals surface area (Å²) in [6, 6.07) is 10.9. The molecule has 17 heavy (non-hydrogen) atoms. The lowest BCUT2D eigenvalue weighted by molar-refractivity contribution is 0.0685. The van der Waals surface area contributed by atoms with E-state index >= 15 is 0 Å². The molecule has 0 radical (unpaired) electrons. The van der Waals surface area contributed by atoms with Crippen LogP contribution in [-0.4, -0.2) is 22.8 Å². The van der Waals surface area contributed by atoms with Gasteiger partial charge >= 0.3 is 5.97 Å². The quantitative estimate of drug-likeness (QED) is 0.878. The number of rotatable bonds is 4. The molecule has 1 heterocycles. The highest BCUT2D eigenvalue weighted by Gasteiger charge is 2.10. The normalized spacial score (nSPS) is 10.2. The van der Waals surface area contributed by atoms with Crippen molar-refractivity contribution in [3.8, 4) is 5.75 Å². The second kappa shape index (κ2) is 4.74. The molecular formula is C13H13NO3. The van der Waals surface area contributed by atoms with E-state index in [9.17, 15) is 4.79 Å². The van der Waals surface area contributed by atoms with Crippen LogP contribution in [0.1, 0.15) is 16.1 Å². The molecule has 88 valence electrons. The summed E-state index contributed by atoms with van der Waals surface area (Å²) in [4.78, 5) is 11.0. The Bertz CT molecular complexity index is 531. The molecule has 0 aliphatic carbocycles. The molecule has 0 saturated carbocycles. The molecule has 4 heteroatoms. The van der Waals surface area contributed by atoms with Gasteiger partial charge in [-0.3, -0.25) is 0 Å². The Balaban J connectivity index is 2.31. The summed E-state index contributed by atoms with van der Waals surface area (Å²) in [6.07, 6.45) is 1.75. The number of nitrogens with zero attached hydrogens (tertiary/aromatic N) is 1. The minimum atomic E-state index is -0.926. The first-order valence-corrected chi connectivity index (χ1v) is 5.22. The fourth-order valence-corrected chi connectivity index (χ4v) is 1.76. The van der Waals surface area contributed by atoms with E-state index in [1.807, 2.05) is 24.3 Å². The van der Waals surface area contributed by atoms with Crippen LogP contribution < -0.4 is 4.74 Å². The summed E-state index contributed by atoms with van der Waals surface area (Å²) >= 11 is 0. The van der Waals surface area contributed by atoms with Gasteiger partial charge in [0.1, 0.15) is 11.4 Å². The maximum absolute atomic E-state index is 11.0. The molecule has 0 aliphatic heterocycles. The van der Waals surface area contributed by atoms with Gasteiger partial charge in [0.2, 0.25) is 0 Å². The second-order valence-electron chi connectivity index (χ2n) is 3.64. The zero-order valence-corrected chi connectivity index (χ0v) is 9.46. The van der Waals surface area contributed by atoms with Crippen LogP contribution in [0.15, 0.2) is 42.6 Å². The van der Waals surface area contributed by atoms with Crippen molar-refractivity contribution in [1.29, 1.82) is 0 Å². The number of carboxylic acids is 1. The van der Waals surface area contributed by atoms with Crippen molar-refractivity contribution in [2.24, 2.45) is 0 Å². The molecule has 0 fully saturated rings. The molecule has 1 N–H and O–H groups in total. The van der Waals surface area contributed by atoms with E-state index in [0.717, 1.165) is 11.3 Å². The summed E-state index contributed by atoms with van der Waals surface area (Å²) < 4.78 is 6.91. The number of aromatic nitrogens is 1. The van der Waals surface area contributed by atoms with E-state index in [4.69, 9.17) is 9.84 Å². The van der Waals surface area contributed by atoms with Crippen LogP contribution in [-0.2, 0) is 6.54 Å². The van der Waals surface area contributed by atoms with Crippen molar-refractivity contribution >= 4 is 5.97 Å². The lowest BCUT2D eigenvalue weighted by Crippen LogP contribution is -2.09. The standard InChI is InChI=1S/C13H13NO3/c1-17-12-7-3-2-5-10(12)9-14-8-4-6-11(14)13(15)16/h2-8H,9H2,1H3,(H,15,16). The average Bonchev–Trinajstić information content (AvgIpc) is 2.78. The lowest BCUT2D eigenvalue weighted by atomic mass is 10.2. The number of para-hydroxylation sites is 1. The fraction of sp³-hybridized carbons (Fsp3) is 0.154. The van der Waals surface area contributed by atoms with E-state index in [1.54, 1.807) is 30.0 Å². The van der Waals surface area contributed by atoms with Gasteiger partial charge in [-0.1, -0.05) is 18.2 Å². The molecule has 2 aromatic rings. The van der Waals surface area contributed by atoms with Crippen LogP contribution in [0, 0.1) is 0 Å². The minimum Gasteiger partial charge on any atom is -0.496 e. The lowest BCUT2D eigenvalue weighted by Gasteiger charge is -2.10. The predicted octanol–water partition coefficient (Wildman–Crippen LogP) is 2.24. The molecule has 0 spiro atoms. The molecule has 1 aromatic carbocycles. The molecule has 2 rings (SSSR count). The maximum Gasteiger partial charge on any atom is 0.352 e. The van der Waals surface area contributed by atoms with Crippen LogP contribution >= 0.6 is 0 Å². The van der Waals surface area contributed by atoms with E-state index in [0.29, 0.717) is 6.54 Å².